The van der Waals surface area contributed by atoms with Gasteiger partial charge in [-0.1, -0.05) is 36.4 Å². The molecule has 0 spiro atoms. The number of amides is 2. The number of hydrogen-bond acceptors (Lipinski definition) is 4. The molecule has 0 aliphatic carbocycles. The van der Waals surface area contributed by atoms with Gasteiger partial charge < -0.3 is 4.74 Å². The fourth-order valence-electron chi connectivity index (χ4n) is 4.31. The number of hydrogen-bond donors (Lipinski definition) is 0. The molecule has 0 bridgehead atoms. The van der Waals surface area contributed by atoms with Gasteiger partial charge in [0.1, 0.15) is 0 Å². The van der Waals surface area contributed by atoms with Crippen LogP contribution in [0.1, 0.15) is 49.0 Å². The minimum Gasteiger partial charge on any atom is -0.356 e. The summed E-state index contributed by atoms with van der Waals surface area (Å²) in [6.07, 6.45) is 5.21. The first-order chi connectivity index (χ1) is 14.2. The molecule has 3 heterocycles. The highest BCUT2D eigenvalue weighted by molar-refractivity contribution is 6.06. The molecule has 2 fully saturated rings. The van der Waals surface area contributed by atoms with E-state index in [9.17, 15) is 9.59 Å². The van der Waals surface area contributed by atoms with Crippen LogP contribution in [0.15, 0.2) is 54.7 Å². The van der Waals surface area contributed by atoms with Crippen molar-refractivity contribution in [3.8, 4) is 0 Å². The number of rotatable bonds is 4. The van der Waals surface area contributed by atoms with E-state index in [1.165, 1.54) is 4.90 Å². The van der Waals surface area contributed by atoms with Gasteiger partial charge in [0.05, 0.1) is 24.2 Å². The van der Waals surface area contributed by atoms with Crippen LogP contribution >= 0.6 is 0 Å². The molecule has 3 aromatic rings. The number of likely N-dealkylation sites (tertiary alicyclic amines) is 1. The van der Waals surface area contributed by atoms with E-state index in [0.717, 1.165) is 47.9 Å². The Morgan fingerprint density at radius 1 is 1.07 bits per heavy atom. The number of benzene rings is 2. The summed E-state index contributed by atoms with van der Waals surface area (Å²) in [5, 5.41) is 5.49. The van der Waals surface area contributed by atoms with E-state index in [4.69, 9.17) is 4.74 Å². The van der Waals surface area contributed by atoms with Gasteiger partial charge in [-0.15, -0.1) is 0 Å². The van der Waals surface area contributed by atoms with E-state index < -0.39 is 5.92 Å². The van der Waals surface area contributed by atoms with Gasteiger partial charge in [-0.2, -0.15) is 5.10 Å². The third-order valence-electron chi connectivity index (χ3n) is 5.88. The summed E-state index contributed by atoms with van der Waals surface area (Å²) in [5.74, 6) is -0.665. The van der Waals surface area contributed by atoms with Crippen LogP contribution in [0.4, 0.5) is 0 Å². The molecule has 0 radical (unpaired) electrons. The van der Waals surface area contributed by atoms with Crippen LogP contribution in [0, 0.1) is 0 Å². The Labute approximate surface area is 169 Å². The Morgan fingerprint density at radius 3 is 2.72 bits per heavy atom. The molecule has 2 aliphatic rings. The van der Waals surface area contributed by atoms with Gasteiger partial charge in [-0.05, 0) is 42.5 Å². The molecular formula is C23H23N3O3. The number of nitrogens with zero attached hydrogens (tertiary/aromatic N) is 3. The molecule has 2 atom stereocenters. The Balaban J connectivity index is 1.39. The number of carbonyl (C=O) groups excluding carboxylic acids is 2. The number of fused-ring (bicyclic) bond motifs is 1. The van der Waals surface area contributed by atoms with Crippen LogP contribution in [0.3, 0.4) is 0 Å². The summed E-state index contributed by atoms with van der Waals surface area (Å²) >= 11 is 0. The van der Waals surface area contributed by atoms with E-state index in [1.807, 2.05) is 59.4 Å². The van der Waals surface area contributed by atoms with Crippen molar-refractivity contribution in [2.45, 2.75) is 44.4 Å². The molecular weight excluding hydrogens is 366 g/mol. The predicted octanol–water partition coefficient (Wildman–Crippen LogP) is 3.78. The van der Waals surface area contributed by atoms with Crippen molar-refractivity contribution in [2.75, 3.05) is 6.61 Å². The number of carbonyl (C=O) groups is 2. The first kappa shape index (κ1) is 18.1. The van der Waals surface area contributed by atoms with Crippen LogP contribution in [0.5, 0.6) is 0 Å². The van der Waals surface area contributed by atoms with Crippen LogP contribution in [-0.4, -0.2) is 33.1 Å². The normalized spacial score (nSPS) is 22.6. The molecule has 6 heteroatoms. The highest BCUT2D eigenvalue weighted by Gasteiger charge is 2.39. The topological polar surface area (TPSA) is 64.4 Å². The van der Waals surface area contributed by atoms with Gasteiger partial charge in [0.25, 0.3) is 0 Å². The molecule has 2 aromatic carbocycles. The van der Waals surface area contributed by atoms with E-state index in [-0.39, 0.29) is 24.5 Å². The van der Waals surface area contributed by atoms with Crippen molar-refractivity contribution < 1.29 is 14.3 Å². The minimum absolute atomic E-state index is 0.0249. The zero-order valence-corrected chi connectivity index (χ0v) is 16.2. The molecule has 0 saturated carbocycles. The molecule has 5 rings (SSSR count). The second-order valence-electron chi connectivity index (χ2n) is 7.79. The third-order valence-corrected chi connectivity index (χ3v) is 5.88. The molecule has 148 valence electrons. The fraction of sp³-hybridized carbons (Fsp3) is 0.348. The average Bonchev–Trinajstić information content (AvgIpc) is 3.31. The Bertz CT molecular complexity index is 1050. The maximum Gasteiger partial charge on any atom is 0.237 e. The van der Waals surface area contributed by atoms with Crippen molar-refractivity contribution >= 4 is 22.7 Å². The SMILES string of the molecule is O=C1C[C@H](c2ccc3c(cnn3[C@H]3CCCCO3)c2)C(=O)N1Cc1ccccc1. The van der Waals surface area contributed by atoms with Gasteiger partial charge in [0.15, 0.2) is 6.23 Å². The molecule has 29 heavy (non-hydrogen) atoms. The van der Waals surface area contributed by atoms with E-state index in [2.05, 4.69) is 5.10 Å². The third kappa shape index (κ3) is 3.34. The fourth-order valence-corrected chi connectivity index (χ4v) is 4.31. The molecule has 0 N–H and O–H groups in total. The van der Waals surface area contributed by atoms with Crippen molar-refractivity contribution in [3.05, 3.63) is 65.9 Å². The Hall–Kier alpha value is -2.99. The van der Waals surface area contributed by atoms with Gasteiger partial charge in [-0.25, -0.2) is 4.68 Å². The summed E-state index contributed by atoms with van der Waals surface area (Å²) in [4.78, 5) is 26.9. The highest BCUT2D eigenvalue weighted by atomic mass is 16.5. The van der Waals surface area contributed by atoms with Crippen molar-refractivity contribution in [3.63, 3.8) is 0 Å². The first-order valence-electron chi connectivity index (χ1n) is 10.2. The monoisotopic (exact) mass is 389 g/mol. The number of ether oxygens (including phenoxy) is 1. The van der Waals surface area contributed by atoms with Gasteiger partial charge >= 0.3 is 0 Å². The second-order valence-corrected chi connectivity index (χ2v) is 7.79. The summed E-state index contributed by atoms with van der Waals surface area (Å²) in [6.45, 7) is 1.09. The van der Waals surface area contributed by atoms with Crippen LogP contribution in [-0.2, 0) is 20.9 Å². The minimum atomic E-state index is -0.426. The van der Waals surface area contributed by atoms with Crippen LogP contribution in [0.25, 0.3) is 10.9 Å². The summed E-state index contributed by atoms with van der Waals surface area (Å²) in [5.41, 5.74) is 2.83. The summed E-state index contributed by atoms with van der Waals surface area (Å²) in [6, 6.07) is 15.6. The summed E-state index contributed by atoms with van der Waals surface area (Å²) < 4.78 is 7.79. The lowest BCUT2D eigenvalue weighted by molar-refractivity contribution is -0.139. The molecule has 2 saturated heterocycles. The van der Waals surface area contributed by atoms with Gasteiger partial charge in [-0.3, -0.25) is 14.5 Å². The lowest BCUT2D eigenvalue weighted by Crippen LogP contribution is -2.29. The number of aromatic nitrogens is 2. The van der Waals surface area contributed by atoms with Gasteiger partial charge in [0, 0.05) is 18.4 Å². The Morgan fingerprint density at radius 2 is 1.93 bits per heavy atom. The van der Waals surface area contributed by atoms with E-state index in [0.29, 0.717) is 6.54 Å². The maximum absolute atomic E-state index is 13.0. The maximum atomic E-state index is 13.0. The lowest BCUT2D eigenvalue weighted by atomic mass is 9.96. The molecule has 2 aliphatic heterocycles. The van der Waals surface area contributed by atoms with Crippen LogP contribution in [0.2, 0.25) is 0 Å². The van der Waals surface area contributed by atoms with Crippen LogP contribution < -0.4 is 0 Å². The quantitative estimate of drug-likeness (QED) is 0.637. The van der Waals surface area contributed by atoms with E-state index in [1.54, 1.807) is 0 Å². The standard InChI is InChI=1S/C23H23N3O3/c27-21-13-19(23(28)25(21)15-16-6-2-1-3-7-16)17-9-10-20-18(12-17)14-24-26(20)22-8-4-5-11-29-22/h1-3,6-7,9-10,12,14,19,22H,4-5,8,11,13,15H2/t19-,22-/m1/s1. The highest BCUT2D eigenvalue weighted by Crippen LogP contribution is 2.33. The van der Waals surface area contributed by atoms with Crippen molar-refractivity contribution in [1.29, 1.82) is 0 Å². The lowest BCUT2D eigenvalue weighted by Gasteiger charge is -2.23. The van der Waals surface area contributed by atoms with Crippen molar-refractivity contribution in [1.82, 2.24) is 14.7 Å². The largest absolute Gasteiger partial charge is 0.356 e. The van der Waals surface area contributed by atoms with Gasteiger partial charge in [0.2, 0.25) is 11.8 Å². The smallest absolute Gasteiger partial charge is 0.237 e. The molecule has 1 aromatic heterocycles. The zero-order chi connectivity index (χ0) is 19.8. The molecule has 6 nitrogen and oxygen atoms in total. The first-order valence-corrected chi connectivity index (χ1v) is 10.2. The van der Waals surface area contributed by atoms with Crippen molar-refractivity contribution in [2.24, 2.45) is 0 Å². The summed E-state index contributed by atoms with van der Waals surface area (Å²) in [7, 11) is 0. The van der Waals surface area contributed by atoms with E-state index >= 15 is 0 Å². The predicted molar refractivity (Wildman–Crippen MR) is 108 cm³/mol. The Kier molecular flexibility index (Phi) is 4.64. The average molecular weight is 389 g/mol. The number of imide groups is 1. The zero-order valence-electron chi connectivity index (χ0n) is 16.2. The molecule has 2 amide bonds. The second kappa shape index (κ2) is 7.44. The molecule has 0 unspecified atom stereocenters.